The molecule has 3 rings (SSSR count). The van der Waals surface area contributed by atoms with Gasteiger partial charge in [-0.1, -0.05) is 37.6 Å². The van der Waals surface area contributed by atoms with Crippen LogP contribution in [0.3, 0.4) is 0 Å². The van der Waals surface area contributed by atoms with Gasteiger partial charge in [-0.15, -0.1) is 0 Å². The van der Waals surface area contributed by atoms with Crippen molar-refractivity contribution >= 4 is 22.5 Å². The Kier molecular flexibility index (Phi) is 5.54. The van der Waals surface area contributed by atoms with Gasteiger partial charge in [0.15, 0.2) is 0 Å². The molecule has 0 saturated heterocycles. The van der Waals surface area contributed by atoms with Crippen molar-refractivity contribution in [3.8, 4) is 0 Å². The third-order valence-corrected chi connectivity index (χ3v) is 4.61. The number of rotatable bonds is 6. The summed E-state index contributed by atoms with van der Waals surface area (Å²) in [5.41, 5.74) is 1.49. The van der Waals surface area contributed by atoms with Crippen LogP contribution in [0.25, 0.3) is 10.9 Å². The highest BCUT2D eigenvalue weighted by atomic mass is 16.2. The van der Waals surface area contributed by atoms with Crippen LogP contribution in [0.5, 0.6) is 0 Å². The summed E-state index contributed by atoms with van der Waals surface area (Å²) >= 11 is 0. The number of nitrogens with zero attached hydrogens (tertiary/aromatic N) is 2. The predicted octanol–water partition coefficient (Wildman–Crippen LogP) is 2.68. The molecule has 0 radical (unpaired) electrons. The first-order chi connectivity index (χ1) is 13.0. The lowest BCUT2D eigenvalue weighted by molar-refractivity contribution is -0.116. The normalized spacial score (nSPS) is 10.9. The number of amides is 1. The van der Waals surface area contributed by atoms with Gasteiger partial charge in [0.1, 0.15) is 6.54 Å². The van der Waals surface area contributed by atoms with Crippen molar-refractivity contribution < 1.29 is 4.79 Å². The summed E-state index contributed by atoms with van der Waals surface area (Å²) in [7, 11) is 1.42. The van der Waals surface area contributed by atoms with Crippen LogP contribution >= 0.6 is 0 Å². The molecule has 1 aromatic heterocycles. The van der Waals surface area contributed by atoms with Gasteiger partial charge in [0.25, 0.3) is 5.56 Å². The van der Waals surface area contributed by atoms with Gasteiger partial charge in [-0.05, 0) is 42.7 Å². The van der Waals surface area contributed by atoms with E-state index in [0.717, 1.165) is 23.8 Å². The van der Waals surface area contributed by atoms with Crippen molar-refractivity contribution in [3.05, 3.63) is 74.9 Å². The van der Waals surface area contributed by atoms with Crippen LogP contribution in [-0.2, 0) is 24.8 Å². The van der Waals surface area contributed by atoms with Crippen LogP contribution in [0.4, 0.5) is 5.69 Å². The average Bonchev–Trinajstić information content (AvgIpc) is 2.69. The number of fused-ring (bicyclic) bond motifs is 1. The fraction of sp³-hybridized carbons (Fsp3) is 0.286. The first-order valence-electron chi connectivity index (χ1n) is 9.08. The third-order valence-electron chi connectivity index (χ3n) is 4.61. The molecule has 6 nitrogen and oxygen atoms in total. The number of carbonyl (C=O) groups is 1. The number of nitrogens with one attached hydrogen (secondary N) is 1. The number of aryl methyl sites for hydroxylation is 1. The number of benzene rings is 2. The van der Waals surface area contributed by atoms with E-state index in [1.807, 2.05) is 24.3 Å². The van der Waals surface area contributed by atoms with Gasteiger partial charge < -0.3 is 5.32 Å². The molecule has 27 heavy (non-hydrogen) atoms. The summed E-state index contributed by atoms with van der Waals surface area (Å²) in [5.74, 6) is -0.317. The highest BCUT2D eigenvalue weighted by molar-refractivity contribution is 5.91. The van der Waals surface area contributed by atoms with E-state index in [0.29, 0.717) is 16.6 Å². The Hall–Kier alpha value is -3.15. The zero-order chi connectivity index (χ0) is 19.4. The summed E-state index contributed by atoms with van der Waals surface area (Å²) in [6.45, 7) is 1.99. The zero-order valence-electron chi connectivity index (χ0n) is 15.6. The monoisotopic (exact) mass is 365 g/mol. The number of para-hydroxylation sites is 1. The molecule has 0 fully saturated rings. The van der Waals surface area contributed by atoms with Crippen molar-refractivity contribution in [1.82, 2.24) is 9.13 Å². The zero-order valence-corrected chi connectivity index (χ0v) is 15.6. The van der Waals surface area contributed by atoms with E-state index in [4.69, 9.17) is 0 Å². The summed E-state index contributed by atoms with van der Waals surface area (Å²) in [6, 6.07) is 14.5. The van der Waals surface area contributed by atoms with E-state index in [9.17, 15) is 14.4 Å². The molecule has 0 atom stereocenters. The standard InChI is InChI=1S/C21H23N3O3/c1-3-4-7-15-10-12-16(13-11-15)22-19(25)14-24-18-9-6-5-8-17(18)20(26)23(2)21(24)27/h5-6,8-13H,3-4,7,14H2,1-2H3,(H,22,25). The van der Waals surface area contributed by atoms with E-state index in [-0.39, 0.29) is 18.0 Å². The SMILES string of the molecule is CCCCc1ccc(NC(=O)Cn2c(=O)n(C)c(=O)c3ccccc32)cc1. The van der Waals surface area contributed by atoms with Crippen molar-refractivity contribution in [2.75, 3.05) is 5.32 Å². The molecule has 0 unspecified atom stereocenters. The van der Waals surface area contributed by atoms with Crippen molar-refractivity contribution in [3.63, 3.8) is 0 Å². The molecule has 6 heteroatoms. The Labute approximate surface area is 157 Å². The minimum absolute atomic E-state index is 0.162. The maximum absolute atomic E-state index is 12.5. The van der Waals surface area contributed by atoms with Crippen LogP contribution in [0.2, 0.25) is 0 Å². The topological polar surface area (TPSA) is 73.1 Å². The molecule has 2 aromatic carbocycles. The van der Waals surface area contributed by atoms with E-state index >= 15 is 0 Å². The molecule has 0 spiro atoms. The summed E-state index contributed by atoms with van der Waals surface area (Å²) in [4.78, 5) is 37.2. The third kappa shape index (κ3) is 4.00. The Bertz CT molecular complexity index is 1080. The molecule has 0 saturated carbocycles. The Morgan fingerprint density at radius 1 is 1.04 bits per heavy atom. The summed E-state index contributed by atoms with van der Waals surface area (Å²) in [5, 5.41) is 3.22. The first kappa shape index (κ1) is 18.6. The number of anilines is 1. The van der Waals surface area contributed by atoms with Gasteiger partial charge in [0, 0.05) is 12.7 Å². The van der Waals surface area contributed by atoms with E-state index in [1.54, 1.807) is 24.3 Å². The number of unbranched alkanes of at least 4 members (excludes halogenated alkanes) is 1. The maximum Gasteiger partial charge on any atom is 0.331 e. The van der Waals surface area contributed by atoms with Gasteiger partial charge in [-0.2, -0.15) is 0 Å². The highest BCUT2D eigenvalue weighted by Crippen LogP contribution is 2.12. The number of carbonyl (C=O) groups excluding carboxylic acids is 1. The van der Waals surface area contributed by atoms with Gasteiger partial charge in [-0.3, -0.25) is 18.7 Å². The van der Waals surface area contributed by atoms with Crippen LogP contribution in [0.1, 0.15) is 25.3 Å². The minimum Gasteiger partial charge on any atom is -0.325 e. The number of aromatic nitrogens is 2. The van der Waals surface area contributed by atoms with Gasteiger partial charge in [0.2, 0.25) is 5.91 Å². The molecule has 0 aliphatic rings. The first-order valence-corrected chi connectivity index (χ1v) is 9.08. The highest BCUT2D eigenvalue weighted by Gasteiger charge is 2.13. The molecular formula is C21H23N3O3. The lowest BCUT2D eigenvalue weighted by Gasteiger charge is -2.12. The Morgan fingerprint density at radius 2 is 1.74 bits per heavy atom. The molecule has 0 aliphatic carbocycles. The lowest BCUT2D eigenvalue weighted by Crippen LogP contribution is -2.40. The number of hydrogen-bond acceptors (Lipinski definition) is 3. The second-order valence-corrected chi connectivity index (χ2v) is 6.60. The molecule has 0 aliphatic heterocycles. The Balaban J connectivity index is 1.82. The summed E-state index contributed by atoms with van der Waals surface area (Å²) in [6.07, 6.45) is 3.29. The average molecular weight is 365 g/mol. The smallest absolute Gasteiger partial charge is 0.325 e. The van der Waals surface area contributed by atoms with Crippen LogP contribution in [-0.4, -0.2) is 15.0 Å². The molecule has 0 bridgehead atoms. The quantitative estimate of drug-likeness (QED) is 0.730. The molecule has 1 N–H and O–H groups in total. The maximum atomic E-state index is 12.5. The Morgan fingerprint density at radius 3 is 2.44 bits per heavy atom. The fourth-order valence-electron chi connectivity index (χ4n) is 3.07. The van der Waals surface area contributed by atoms with Crippen molar-refractivity contribution in [2.24, 2.45) is 7.05 Å². The minimum atomic E-state index is -0.510. The largest absolute Gasteiger partial charge is 0.331 e. The van der Waals surface area contributed by atoms with Gasteiger partial charge >= 0.3 is 5.69 Å². The van der Waals surface area contributed by atoms with Gasteiger partial charge in [-0.25, -0.2) is 4.79 Å². The van der Waals surface area contributed by atoms with E-state index in [2.05, 4.69) is 12.2 Å². The van der Waals surface area contributed by atoms with Crippen LogP contribution < -0.4 is 16.6 Å². The molecule has 140 valence electrons. The van der Waals surface area contributed by atoms with E-state index in [1.165, 1.54) is 17.2 Å². The van der Waals surface area contributed by atoms with Gasteiger partial charge in [0.05, 0.1) is 10.9 Å². The van der Waals surface area contributed by atoms with Crippen molar-refractivity contribution in [1.29, 1.82) is 0 Å². The fourth-order valence-corrected chi connectivity index (χ4v) is 3.07. The second-order valence-electron chi connectivity index (χ2n) is 6.60. The van der Waals surface area contributed by atoms with Crippen LogP contribution in [0.15, 0.2) is 58.1 Å². The second kappa shape index (κ2) is 8.03. The van der Waals surface area contributed by atoms with Crippen LogP contribution in [0, 0.1) is 0 Å². The van der Waals surface area contributed by atoms with Crippen molar-refractivity contribution in [2.45, 2.75) is 32.7 Å². The van der Waals surface area contributed by atoms with E-state index < -0.39 is 5.69 Å². The lowest BCUT2D eigenvalue weighted by atomic mass is 10.1. The summed E-state index contributed by atoms with van der Waals surface area (Å²) < 4.78 is 2.35. The molecular weight excluding hydrogens is 342 g/mol. The molecule has 3 aromatic rings. The number of hydrogen-bond donors (Lipinski definition) is 1. The molecule has 1 amide bonds. The molecule has 1 heterocycles. The predicted molar refractivity (Wildman–Crippen MR) is 107 cm³/mol.